The zero-order valence-electron chi connectivity index (χ0n) is 9.72. The van der Waals surface area contributed by atoms with Crippen molar-refractivity contribution in [2.24, 2.45) is 17.6 Å². The van der Waals surface area contributed by atoms with Gasteiger partial charge in [-0.25, -0.2) is 0 Å². The van der Waals surface area contributed by atoms with E-state index in [1.165, 1.54) is 12.8 Å². The van der Waals surface area contributed by atoms with Crippen LogP contribution in [0.25, 0.3) is 0 Å². The third-order valence-corrected chi connectivity index (χ3v) is 2.04. The lowest BCUT2D eigenvalue weighted by Gasteiger charge is -2.20. The maximum Gasteiger partial charge on any atom is 0.00387 e. The van der Waals surface area contributed by atoms with E-state index in [-0.39, 0.29) is 0 Å². The Balaban J connectivity index is 0. The van der Waals surface area contributed by atoms with Crippen LogP contribution in [0.1, 0.15) is 54.4 Å². The van der Waals surface area contributed by atoms with Gasteiger partial charge in [0.15, 0.2) is 0 Å². The van der Waals surface area contributed by atoms with Gasteiger partial charge in [-0.1, -0.05) is 41.0 Å². The summed E-state index contributed by atoms with van der Waals surface area (Å²) in [5.74, 6) is 1.51. The van der Waals surface area contributed by atoms with E-state index in [2.05, 4.69) is 27.7 Å². The molecule has 0 aliphatic rings. The van der Waals surface area contributed by atoms with Crippen molar-refractivity contribution in [1.82, 2.24) is 0 Å². The fourth-order valence-corrected chi connectivity index (χ4v) is 1.36. The van der Waals surface area contributed by atoms with Crippen molar-refractivity contribution in [3.05, 3.63) is 0 Å². The standard InChI is InChI=1S/C9H21N.C2H6/c1-5-9(8(4)10)6-7(2)3;1-2/h7-9H,5-6,10H2,1-4H3;1-2H3. The lowest BCUT2D eigenvalue weighted by atomic mass is 9.90. The zero-order chi connectivity index (χ0) is 10.1. The Bertz CT molecular complexity index is 77.1. The molecule has 0 bridgehead atoms. The highest BCUT2D eigenvalue weighted by atomic mass is 14.6. The fraction of sp³-hybridized carbons (Fsp3) is 1.00. The largest absolute Gasteiger partial charge is 0.328 e. The predicted octanol–water partition coefficient (Wildman–Crippen LogP) is 3.43. The second-order valence-corrected chi connectivity index (χ2v) is 3.66. The third-order valence-electron chi connectivity index (χ3n) is 2.04. The molecule has 0 saturated heterocycles. The Labute approximate surface area is 78.7 Å². The number of rotatable bonds is 4. The zero-order valence-corrected chi connectivity index (χ0v) is 9.72. The van der Waals surface area contributed by atoms with Crippen LogP contribution in [0.5, 0.6) is 0 Å². The lowest BCUT2D eigenvalue weighted by Crippen LogP contribution is -2.27. The number of hydrogen-bond donors (Lipinski definition) is 1. The molecule has 0 aromatic heterocycles. The number of nitrogens with two attached hydrogens (primary N) is 1. The minimum Gasteiger partial charge on any atom is -0.328 e. The van der Waals surface area contributed by atoms with Crippen LogP contribution in [0.4, 0.5) is 0 Å². The van der Waals surface area contributed by atoms with Crippen LogP contribution in [-0.4, -0.2) is 6.04 Å². The molecular formula is C11H27N. The Kier molecular flexibility index (Phi) is 10.9. The molecule has 0 aromatic carbocycles. The van der Waals surface area contributed by atoms with E-state index in [1.807, 2.05) is 13.8 Å². The predicted molar refractivity (Wildman–Crippen MR) is 58.2 cm³/mol. The first kappa shape index (κ1) is 14.5. The monoisotopic (exact) mass is 173 g/mol. The van der Waals surface area contributed by atoms with E-state index in [9.17, 15) is 0 Å². The van der Waals surface area contributed by atoms with Crippen LogP contribution in [0, 0.1) is 11.8 Å². The Morgan fingerprint density at radius 1 is 1.08 bits per heavy atom. The normalized spacial score (nSPS) is 15.0. The molecule has 2 unspecified atom stereocenters. The second kappa shape index (κ2) is 9.05. The van der Waals surface area contributed by atoms with Gasteiger partial charge in [-0.2, -0.15) is 0 Å². The van der Waals surface area contributed by atoms with Gasteiger partial charge in [0, 0.05) is 6.04 Å². The SMILES string of the molecule is CC.CCC(CC(C)C)C(C)N. The summed E-state index contributed by atoms with van der Waals surface area (Å²) in [4.78, 5) is 0. The Morgan fingerprint density at radius 3 is 1.58 bits per heavy atom. The molecule has 0 spiro atoms. The summed E-state index contributed by atoms with van der Waals surface area (Å²) in [5, 5.41) is 0. The van der Waals surface area contributed by atoms with Crippen molar-refractivity contribution >= 4 is 0 Å². The van der Waals surface area contributed by atoms with Crippen LogP contribution in [-0.2, 0) is 0 Å². The summed E-state index contributed by atoms with van der Waals surface area (Å²) in [7, 11) is 0. The Morgan fingerprint density at radius 2 is 1.50 bits per heavy atom. The van der Waals surface area contributed by atoms with Crippen LogP contribution in [0.3, 0.4) is 0 Å². The molecule has 2 N–H and O–H groups in total. The molecule has 1 nitrogen and oxygen atoms in total. The van der Waals surface area contributed by atoms with Gasteiger partial charge in [0.25, 0.3) is 0 Å². The van der Waals surface area contributed by atoms with Gasteiger partial charge in [0.05, 0.1) is 0 Å². The first-order chi connectivity index (χ1) is 5.57. The van der Waals surface area contributed by atoms with E-state index >= 15 is 0 Å². The van der Waals surface area contributed by atoms with E-state index in [1.54, 1.807) is 0 Å². The average Bonchev–Trinajstić information content (AvgIpc) is 2.03. The summed E-state index contributed by atoms with van der Waals surface area (Å²) in [5.41, 5.74) is 5.80. The van der Waals surface area contributed by atoms with Crippen molar-refractivity contribution in [3.63, 3.8) is 0 Å². The highest BCUT2D eigenvalue weighted by molar-refractivity contribution is 4.68. The van der Waals surface area contributed by atoms with E-state index in [0.717, 1.165) is 11.8 Å². The van der Waals surface area contributed by atoms with Crippen LogP contribution >= 0.6 is 0 Å². The van der Waals surface area contributed by atoms with Gasteiger partial charge in [-0.3, -0.25) is 0 Å². The summed E-state index contributed by atoms with van der Waals surface area (Å²) < 4.78 is 0. The first-order valence-electron chi connectivity index (χ1n) is 5.33. The van der Waals surface area contributed by atoms with E-state index in [4.69, 9.17) is 5.73 Å². The minimum atomic E-state index is 0.368. The van der Waals surface area contributed by atoms with Crippen LogP contribution in [0.2, 0.25) is 0 Å². The Hall–Kier alpha value is -0.0400. The van der Waals surface area contributed by atoms with Crippen molar-refractivity contribution in [2.45, 2.75) is 60.4 Å². The topological polar surface area (TPSA) is 26.0 Å². The molecule has 0 heterocycles. The van der Waals surface area contributed by atoms with Crippen molar-refractivity contribution in [2.75, 3.05) is 0 Å². The van der Waals surface area contributed by atoms with Crippen LogP contribution < -0.4 is 5.73 Å². The maximum absolute atomic E-state index is 5.80. The van der Waals surface area contributed by atoms with E-state index < -0.39 is 0 Å². The summed E-state index contributed by atoms with van der Waals surface area (Å²) in [6.07, 6.45) is 2.49. The molecule has 0 aliphatic carbocycles. The smallest absolute Gasteiger partial charge is 0.00387 e. The van der Waals surface area contributed by atoms with Gasteiger partial charge in [0.1, 0.15) is 0 Å². The molecule has 12 heavy (non-hydrogen) atoms. The van der Waals surface area contributed by atoms with Gasteiger partial charge in [-0.05, 0) is 25.2 Å². The second-order valence-electron chi connectivity index (χ2n) is 3.66. The molecule has 76 valence electrons. The quantitative estimate of drug-likeness (QED) is 0.692. The molecule has 0 aliphatic heterocycles. The van der Waals surface area contributed by atoms with Gasteiger partial charge < -0.3 is 5.73 Å². The third kappa shape index (κ3) is 8.06. The fourth-order valence-electron chi connectivity index (χ4n) is 1.36. The maximum atomic E-state index is 5.80. The van der Waals surface area contributed by atoms with E-state index in [0.29, 0.717) is 6.04 Å². The molecule has 0 radical (unpaired) electrons. The molecule has 0 saturated carbocycles. The molecule has 0 amide bonds. The molecular weight excluding hydrogens is 146 g/mol. The molecule has 2 atom stereocenters. The molecule has 1 heteroatoms. The lowest BCUT2D eigenvalue weighted by molar-refractivity contribution is 0.350. The minimum absolute atomic E-state index is 0.368. The van der Waals surface area contributed by atoms with Crippen molar-refractivity contribution in [1.29, 1.82) is 0 Å². The van der Waals surface area contributed by atoms with Crippen LogP contribution in [0.15, 0.2) is 0 Å². The van der Waals surface area contributed by atoms with Crippen molar-refractivity contribution in [3.8, 4) is 0 Å². The number of hydrogen-bond acceptors (Lipinski definition) is 1. The molecule has 0 fully saturated rings. The average molecular weight is 173 g/mol. The first-order valence-corrected chi connectivity index (χ1v) is 5.33. The summed E-state index contributed by atoms with van der Waals surface area (Å²) in [6, 6.07) is 0.368. The van der Waals surface area contributed by atoms with Crippen molar-refractivity contribution < 1.29 is 0 Å². The molecule has 0 rings (SSSR count). The summed E-state index contributed by atoms with van der Waals surface area (Å²) >= 11 is 0. The highest BCUT2D eigenvalue weighted by Crippen LogP contribution is 2.17. The summed E-state index contributed by atoms with van der Waals surface area (Å²) in [6.45, 7) is 12.8. The molecule has 0 aromatic rings. The highest BCUT2D eigenvalue weighted by Gasteiger charge is 2.12. The van der Waals surface area contributed by atoms with Gasteiger partial charge in [0.2, 0.25) is 0 Å². The van der Waals surface area contributed by atoms with Gasteiger partial charge >= 0.3 is 0 Å². The van der Waals surface area contributed by atoms with Gasteiger partial charge in [-0.15, -0.1) is 0 Å².